The number of amides is 1. The van der Waals surface area contributed by atoms with E-state index in [2.05, 4.69) is 25.6 Å². The predicted octanol–water partition coefficient (Wildman–Crippen LogP) is 3.35. The summed E-state index contributed by atoms with van der Waals surface area (Å²) < 4.78 is 0. The molecule has 2 aromatic heterocycles. The Balaban J connectivity index is 1.67. The van der Waals surface area contributed by atoms with Crippen molar-refractivity contribution in [1.82, 2.24) is 15.0 Å². The van der Waals surface area contributed by atoms with Gasteiger partial charge in [0.05, 0.1) is 0 Å². The van der Waals surface area contributed by atoms with Crippen LogP contribution in [0.4, 0.5) is 11.6 Å². The monoisotopic (exact) mass is 333 g/mol. The van der Waals surface area contributed by atoms with Crippen LogP contribution in [0, 0.1) is 13.8 Å². The summed E-state index contributed by atoms with van der Waals surface area (Å²) in [5.74, 6) is 0.131. The highest BCUT2D eigenvalue weighted by Gasteiger charge is 2.10. The minimum absolute atomic E-state index is 0.268. The number of benzene rings is 1. The summed E-state index contributed by atoms with van der Waals surface area (Å²) in [6, 6.07) is 11.2. The van der Waals surface area contributed by atoms with Crippen molar-refractivity contribution >= 4 is 17.5 Å². The number of hydrogen-bond acceptors (Lipinski definition) is 5. The third-order valence-corrected chi connectivity index (χ3v) is 3.83. The molecule has 0 aliphatic rings. The number of hydrogen-bond donors (Lipinski definition) is 2. The van der Waals surface area contributed by atoms with E-state index in [0.29, 0.717) is 18.2 Å². The number of carbonyl (C=O) groups excluding carboxylic acids is 1. The number of nitrogens with one attached hydrogen (secondary N) is 2. The SMILES string of the molecule is Cc1ccc(NC(=O)c2ccnc(NCc3cccnc3)n2)cc1C. The van der Waals surface area contributed by atoms with Gasteiger partial charge in [-0.15, -0.1) is 0 Å². The van der Waals surface area contributed by atoms with Gasteiger partial charge in [-0.2, -0.15) is 0 Å². The van der Waals surface area contributed by atoms with E-state index in [-0.39, 0.29) is 5.91 Å². The lowest BCUT2D eigenvalue weighted by atomic mass is 10.1. The molecule has 3 aromatic rings. The van der Waals surface area contributed by atoms with Gasteiger partial charge in [-0.3, -0.25) is 9.78 Å². The second-order valence-electron chi connectivity index (χ2n) is 5.73. The molecule has 0 aliphatic heterocycles. The van der Waals surface area contributed by atoms with Crippen LogP contribution in [0.5, 0.6) is 0 Å². The smallest absolute Gasteiger partial charge is 0.274 e. The van der Waals surface area contributed by atoms with Gasteiger partial charge >= 0.3 is 0 Å². The van der Waals surface area contributed by atoms with Crippen LogP contribution in [0.15, 0.2) is 55.0 Å². The molecule has 6 nitrogen and oxygen atoms in total. The lowest BCUT2D eigenvalue weighted by Crippen LogP contribution is -2.15. The van der Waals surface area contributed by atoms with E-state index in [1.807, 2.05) is 44.2 Å². The predicted molar refractivity (Wildman–Crippen MR) is 97.5 cm³/mol. The average molecular weight is 333 g/mol. The Morgan fingerprint density at radius 1 is 1.08 bits per heavy atom. The molecule has 2 heterocycles. The van der Waals surface area contributed by atoms with Gasteiger partial charge in [0, 0.05) is 30.8 Å². The lowest BCUT2D eigenvalue weighted by molar-refractivity contribution is 0.102. The molecule has 25 heavy (non-hydrogen) atoms. The third kappa shape index (κ3) is 4.38. The Kier molecular flexibility index (Phi) is 4.99. The van der Waals surface area contributed by atoms with Crippen molar-refractivity contribution < 1.29 is 4.79 Å². The largest absolute Gasteiger partial charge is 0.350 e. The van der Waals surface area contributed by atoms with Crippen LogP contribution in [0.1, 0.15) is 27.2 Å². The van der Waals surface area contributed by atoms with Crippen LogP contribution in [-0.2, 0) is 6.54 Å². The zero-order chi connectivity index (χ0) is 17.6. The minimum Gasteiger partial charge on any atom is -0.350 e. The van der Waals surface area contributed by atoms with Gasteiger partial charge in [0.15, 0.2) is 0 Å². The topological polar surface area (TPSA) is 79.8 Å². The summed E-state index contributed by atoms with van der Waals surface area (Å²) >= 11 is 0. The van der Waals surface area contributed by atoms with Gasteiger partial charge in [0.1, 0.15) is 5.69 Å². The van der Waals surface area contributed by atoms with Crippen LogP contribution in [-0.4, -0.2) is 20.9 Å². The van der Waals surface area contributed by atoms with E-state index < -0.39 is 0 Å². The van der Waals surface area contributed by atoms with E-state index in [0.717, 1.165) is 16.8 Å². The standard InChI is InChI=1S/C19H19N5O/c1-13-5-6-16(10-14(13)2)23-18(25)17-7-9-21-19(24-17)22-12-15-4-3-8-20-11-15/h3-11H,12H2,1-2H3,(H,23,25)(H,21,22,24). The van der Waals surface area contributed by atoms with Crippen molar-refractivity contribution in [3.8, 4) is 0 Å². The Bertz CT molecular complexity index is 880. The zero-order valence-corrected chi connectivity index (χ0v) is 14.2. The van der Waals surface area contributed by atoms with Gasteiger partial charge in [0.2, 0.25) is 5.95 Å². The number of pyridine rings is 1. The summed E-state index contributed by atoms with van der Waals surface area (Å²) in [6.45, 7) is 4.58. The molecule has 0 saturated heterocycles. The van der Waals surface area contributed by atoms with Gasteiger partial charge in [0.25, 0.3) is 5.91 Å². The van der Waals surface area contributed by atoms with E-state index in [1.54, 1.807) is 24.7 Å². The highest BCUT2D eigenvalue weighted by atomic mass is 16.1. The molecule has 0 saturated carbocycles. The number of nitrogens with zero attached hydrogens (tertiary/aromatic N) is 3. The molecule has 3 rings (SSSR count). The number of carbonyl (C=O) groups is 1. The Morgan fingerprint density at radius 2 is 1.96 bits per heavy atom. The molecule has 1 amide bonds. The minimum atomic E-state index is -0.268. The molecule has 0 fully saturated rings. The zero-order valence-electron chi connectivity index (χ0n) is 14.2. The fraction of sp³-hybridized carbons (Fsp3) is 0.158. The second-order valence-corrected chi connectivity index (χ2v) is 5.73. The summed E-state index contributed by atoms with van der Waals surface area (Å²) in [7, 11) is 0. The molecular weight excluding hydrogens is 314 g/mol. The molecule has 1 aromatic carbocycles. The molecular formula is C19H19N5O. The number of rotatable bonds is 5. The van der Waals surface area contributed by atoms with Crippen LogP contribution in [0.25, 0.3) is 0 Å². The number of aromatic nitrogens is 3. The molecule has 0 unspecified atom stereocenters. The van der Waals surface area contributed by atoms with Crippen LogP contribution in [0.2, 0.25) is 0 Å². The maximum atomic E-state index is 12.4. The van der Waals surface area contributed by atoms with E-state index in [4.69, 9.17) is 0 Å². The van der Waals surface area contributed by atoms with Crippen molar-refractivity contribution in [2.75, 3.05) is 10.6 Å². The van der Waals surface area contributed by atoms with Crippen molar-refractivity contribution in [2.45, 2.75) is 20.4 Å². The summed E-state index contributed by atoms with van der Waals surface area (Å²) in [5.41, 5.74) is 4.37. The van der Waals surface area contributed by atoms with Crippen molar-refractivity contribution in [2.24, 2.45) is 0 Å². The Labute approximate surface area is 146 Å². The first kappa shape index (κ1) is 16.6. The maximum absolute atomic E-state index is 12.4. The first-order valence-electron chi connectivity index (χ1n) is 7.96. The maximum Gasteiger partial charge on any atom is 0.274 e. The van der Waals surface area contributed by atoms with E-state index >= 15 is 0 Å². The van der Waals surface area contributed by atoms with Gasteiger partial charge < -0.3 is 10.6 Å². The van der Waals surface area contributed by atoms with E-state index in [1.165, 1.54) is 5.56 Å². The quantitative estimate of drug-likeness (QED) is 0.748. The van der Waals surface area contributed by atoms with E-state index in [9.17, 15) is 4.79 Å². The third-order valence-electron chi connectivity index (χ3n) is 3.83. The molecule has 0 aliphatic carbocycles. The van der Waals surface area contributed by atoms with Gasteiger partial charge in [-0.05, 0) is 54.8 Å². The average Bonchev–Trinajstić information content (AvgIpc) is 2.64. The molecule has 0 spiro atoms. The molecule has 6 heteroatoms. The van der Waals surface area contributed by atoms with Gasteiger partial charge in [-0.1, -0.05) is 12.1 Å². The second kappa shape index (κ2) is 7.53. The molecule has 0 radical (unpaired) electrons. The Morgan fingerprint density at radius 3 is 2.72 bits per heavy atom. The normalized spacial score (nSPS) is 10.3. The summed E-state index contributed by atoms with van der Waals surface area (Å²) in [5, 5.41) is 5.95. The van der Waals surface area contributed by atoms with Crippen LogP contribution < -0.4 is 10.6 Å². The highest BCUT2D eigenvalue weighted by molar-refractivity contribution is 6.03. The van der Waals surface area contributed by atoms with Crippen molar-refractivity contribution in [1.29, 1.82) is 0 Å². The van der Waals surface area contributed by atoms with Crippen molar-refractivity contribution in [3.63, 3.8) is 0 Å². The first-order chi connectivity index (χ1) is 12.1. The first-order valence-corrected chi connectivity index (χ1v) is 7.96. The summed E-state index contributed by atoms with van der Waals surface area (Å²) in [4.78, 5) is 24.9. The molecule has 0 atom stereocenters. The number of aryl methyl sites for hydroxylation is 2. The molecule has 0 bridgehead atoms. The fourth-order valence-electron chi connectivity index (χ4n) is 2.27. The highest BCUT2D eigenvalue weighted by Crippen LogP contribution is 2.15. The summed E-state index contributed by atoms with van der Waals surface area (Å²) in [6.07, 6.45) is 5.05. The lowest BCUT2D eigenvalue weighted by Gasteiger charge is -2.09. The Hall–Kier alpha value is -3.28. The molecule has 2 N–H and O–H groups in total. The van der Waals surface area contributed by atoms with Gasteiger partial charge in [-0.25, -0.2) is 9.97 Å². The van der Waals surface area contributed by atoms with Crippen LogP contribution in [0.3, 0.4) is 0 Å². The number of anilines is 2. The molecule has 126 valence electrons. The van der Waals surface area contributed by atoms with Crippen molar-refractivity contribution in [3.05, 3.63) is 77.4 Å². The fourth-order valence-corrected chi connectivity index (χ4v) is 2.27. The van der Waals surface area contributed by atoms with Crippen LogP contribution >= 0.6 is 0 Å².